The molecule has 2 unspecified atom stereocenters. The summed E-state index contributed by atoms with van der Waals surface area (Å²) in [5.41, 5.74) is 2.62. The van der Waals surface area contributed by atoms with Crippen molar-refractivity contribution in [1.29, 1.82) is 0 Å². The van der Waals surface area contributed by atoms with Gasteiger partial charge in [-0.1, -0.05) is 41.0 Å². The molecule has 0 aliphatic rings. The van der Waals surface area contributed by atoms with Crippen molar-refractivity contribution in [1.82, 2.24) is 0 Å². The predicted octanol–water partition coefficient (Wildman–Crippen LogP) is 6.36. The fourth-order valence-corrected chi connectivity index (χ4v) is 4.45. The number of allylic oxidation sites excluding steroid dienone is 6. The van der Waals surface area contributed by atoms with Crippen molar-refractivity contribution in [3.05, 3.63) is 47.6 Å². The minimum Gasteiger partial charge on any atom is -0.302 e. The van der Waals surface area contributed by atoms with Crippen molar-refractivity contribution in [3.63, 3.8) is 0 Å². The summed E-state index contributed by atoms with van der Waals surface area (Å²) in [7, 11) is -10.1. The van der Waals surface area contributed by atoms with E-state index >= 15 is 0 Å². The summed E-state index contributed by atoms with van der Waals surface area (Å²) in [5, 5.41) is 0. The number of rotatable bonds is 14. The van der Waals surface area contributed by atoms with Gasteiger partial charge in [0.2, 0.25) is 0 Å². The minimum absolute atomic E-state index is 0.306. The molecular formula is C20H36O7P2. The van der Waals surface area contributed by atoms with E-state index in [1.54, 1.807) is 0 Å². The van der Waals surface area contributed by atoms with Crippen molar-refractivity contribution in [2.24, 2.45) is 0 Å². The normalized spacial score (nSPS) is 17.4. The summed E-state index contributed by atoms with van der Waals surface area (Å²) in [5.74, 6) is 0. The molecule has 0 spiro atoms. The lowest BCUT2D eigenvalue weighted by Gasteiger charge is -2.27. The maximum Gasteiger partial charge on any atom is 0.481 e. The monoisotopic (exact) mass is 450 g/mol. The quantitative estimate of drug-likeness (QED) is 0.208. The molecule has 0 aromatic heterocycles. The van der Waals surface area contributed by atoms with Crippen LogP contribution in [0.15, 0.2) is 47.6 Å². The highest BCUT2D eigenvalue weighted by atomic mass is 31.3. The average Bonchev–Trinajstić information content (AvgIpc) is 2.51. The van der Waals surface area contributed by atoms with Gasteiger partial charge < -0.3 is 14.7 Å². The van der Waals surface area contributed by atoms with Crippen LogP contribution in [0.5, 0.6) is 0 Å². The van der Waals surface area contributed by atoms with Gasteiger partial charge >= 0.3 is 15.6 Å². The van der Waals surface area contributed by atoms with Gasteiger partial charge in [-0.2, -0.15) is 4.31 Å². The number of hydrogen-bond acceptors (Lipinski definition) is 4. The molecule has 0 fully saturated rings. The number of phosphoric acid groups is 2. The topological polar surface area (TPSA) is 113 Å². The highest BCUT2D eigenvalue weighted by molar-refractivity contribution is 7.60. The van der Waals surface area contributed by atoms with E-state index in [2.05, 4.69) is 43.8 Å². The zero-order chi connectivity index (χ0) is 22.7. The Kier molecular flexibility index (Phi) is 12.5. The Bertz CT molecular complexity index is 714. The smallest absolute Gasteiger partial charge is 0.302 e. The van der Waals surface area contributed by atoms with Gasteiger partial charge in [-0.3, -0.25) is 4.52 Å². The molecule has 0 amide bonds. The average molecular weight is 450 g/mol. The van der Waals surface area contributed by atoms with Crippen LogP contribution in [0.4, 0.5) is 0 Å². The van der Waals surface area contributed by atoms with Crippen LogP contribution in [0.3, 0.4) is 0 Å². The van der Waals surface area contributed by atoms with Gasteiger partial charge in [0.05, 0.1) is 5.60 Å². The van der Waals surface area contributed by atoms with Gasteiger partial charge in [-0.25, -0.2) is 9.13 Å². The predicted molar refractivity (Wildman–Crippen MR) is 117 cm³/mol. The molecule has 0 aliphatic heterocycles. The molecule has 0 heterocycles. The third kappa shape index (κ3) is 15.7. The first-order valence-corrected chi connectivity index (χ1v) is 12.6. The molecule has 0 saturated heterocycles. The molecule has 168 valence electrons. The second-order valence-electron chi connectivity index (χ2n) is 7.65. The fraction of sp³-hybridized carbons (Fsp3) is 0.600. The zero-order valence-electron chi connectivity index (χ0n) is 18.1. The Hall–Kier alpha value is -0.780. The molecule has 3 N–H and O–H groups in total. The molecule has 9 heteroatoms. The van der Waals surface area contributed by atoms with Crippen LogP contribution in [0.1, 0.15) is 73.1 Å². The van der Waals surface area contributed by atoms with E-state index in [1.807, 2.05) is 13.0 Å². The van der Waals surface area contributed by atoms with Crippen molar-refractivity contribution >= 4 is 15.6 Å². The van der Waals surface area contributed by atoms with Crippen molar-refractivity contribution < 1.29 is 32.6 Å². The lowest BCUT2D eigenvalue weighted by molar-refractivity contribution is 0.0803. The van der Waals surface area contributed by atoms with Gasteiger partial charge in [0.1, 0.15) is 0 Å². The fourth-order valence-electron chi connectivity index (χ4n) is 2.54. The Morgan fingerprint density at radius 2 is 1.41 bits per heavy atom. The largest absolute Gasteiger partial charge is 0.481 e. The van der Waals surface area contributed by atoms with Gasteiger partial charge in [0.15, 0.2) is 0 Å². The summed E-state index contributed by atoms with van der Waals surface area (Å²) in [4.78, 5) is 26.9. The summed E-state index contributed by atoms with van der Waals surface area (Å²) >= 11 is 0. The Balaban J connectivity index is 4.58. The Morgan fingerprint density at radius 3 is 1.86 bits per heavy atom. The van der Waals surface area contributed by atoms with E-state index < -0.39 is 21.2 Å². The van der Waals surface area contributed by atoms with E-state index in [-0.39, 0.29) is 0 Å². The highest BCUT2D eigenvalue weighted by Gasteiger charge is 2.38. The molecule has 29 heavy (non-hydrogen) atoms. The van der Waals surface area contributed by atoms with Gasteiger partial charge in [-0.05, 0) is 73.1 Å². The van der Waals surface area contributed by atoms with E-state index in [0.29, 0.717) is 12.8 Å². The zero-order valence-corrected chi connectivity index (χ0v) is 19.9. The molecule has 7 nitrogen and oxygen atoms in total. The summed E-state index contributed by atoms with van der Waals surface area (Å²) in [6, 6.07) is 0. The van der Waals surface area contributed by atoms with E-state index in [1.165, 1.54) is 29.7 Å². The molecule has 2 atom stereocenters. The van der Waals surface area contributed by atoms with Gasteiger partial charge in [-0.15, -0.1) is 6.58 Å². The van der Waals surface area contributed by atoms with Crippen LogP contribution < -0.4 is 0 Å². The summed E-state index contributed by atoms with van der Waals surface area (Å²) < 4.78 is 31.3. The standard InChI is InChI=1S/C20H36O7P2/c1-7-20(6,26-29(24,25)27-28(21,22)23)16-10-15-19(5)14-9-13-18(4)12-8-11-17(2)3/h7,11,13,15H,1,8-10,12,14,16H2,2-6H3,(H,24,25)(H2,21,22,23)/b18-13+,19-15+. The summed E-state index contributed by atoms with van der Waals surface area (Å²) in [6.07, 6.45) is 12.6. The minimum atomic E-state index is -5.15. The Morgan fingerprint density at radius 1 is 0.931 bits per heavy atom. The molecule has 0 aliphatic carbocycles. The van der Waals surface area contributed by atoms with Gasteiger partial charge in [0, 0.05) is 0 Å². The van der Waals surface area contributed by atoms with Crippen LogP contribution in [-0.4, -0.2) is 20.3 Å². The summed E-state index contributed by atoms with van der Waals surface area (Å²) in [6.45, 7) is 13.4. The third-order valence-electron chi connectivity index (χ3n) is 4.22. The molecule has 0 aromatic rings. The first kappa shape index (κ1) is 28.2. The van der Waals surface area contributed by atoms with E-state index in [0.717, 1.165) is 25.7 Å². The van der Waals surface area contributed by atoms with E-state index in [4.69, 9.17) is 14.3 Å². The molecule has 0 rings (SSSR count). The first-order valence-electron chi connectivity index (χ1n) is 9.57. The first-order chi connectivity index (χ1) is 13.2. The van der Waals surface area contributed by atoms with Crippen molar-refractivity contribution in [2.45, 2.75) is 78.7 Å². The number of hydrogen-bond donors (Lipinski definition) is 3. The van der Waals surface area contributed by atoms with Crippen molar-refractivity contribution in [3.8, 4) is 0 Å². The number of phosphoric ester groups is 1. The van der Waals surface area contributed by atoms with Crippen LogP contribution in [0, 0.1) is 0 Å². The van der Waals surface area contributed by atoms with Crippen molar-refractivity contribution in [2.75, 3.05) is 0 Å². The van der Waals surface area contributed by atoms with Crippen LogP contribution in [0.25, 0.3) is 0 Å². The second kappa shape index (κ2) is 12.8. The maximum atomic E-state index is 11.8. The lowest BCUT2D eigenvalue weighted by atomic mass is 9.99. The van der Waals surface area contributed by atoms with E-state index in [9.17, 15) is 14.0 Å². The molecule has 0 radical (unpaired) electrons. The maximum absolute atomic E-state index is 11.8. The van der Waals surface area contributed by atoms with Crippen LogP contribution >= 0.6 is 15.6 Å². The molecule has 0 bridgehead atoms. The van der Waals surface area contributed by atoms with Gasteiger partial charge in [0.25, 0.3) is 0 Å². The second-order valence-corrected chi connectivity index (χ2v) is 10.4. The SMILES string of the molecule is C=CC(C)(CC/C=C(\C)CC/C=C(\C)CCC=C(C)C)OP(=O)(O)OP(=O)(O)O. The molecule has 0 saturated carbocycles. The highest BCUT2D eigenvalue weighted by Crippen LogP contribution is 2.59. The molecular weight excluding hydrogens is 414 g/mol. The van der Waals surface area contributed by atoms with Crippen LogP contribution in [0.2, 0.25) is 0 Å². The lowest BCUT2D eigenvalue weighted by Crippen LogP contribution is -2.24. The molecule has 0 aromatic carbocycles. The third-order valence-corrected chi connectivity index (χ3v) is 6.55. The Labute approximate surface area is 175 Å². The van der Waals surface area contributed by atoms with Crippen LogP contribution in [-0.2, 0) is 18.0 Å².